The molecule has 0 unspecified atom stereocenters. The fraction of sp³-hybridized carbons (Fsp3) is 0. The second-order valence-electron chi connectivity index (χ2n) is 0.101. The number of hydrogen-bond donors (Lipinski definition) is 0. The molecule has 0 spiro atoms. The zero-order valence-corrected chi connectivity index (χ0v) is 12.4. The number of rotatable bonds is 0. The molecule has 0 nitrogen and oxygen atoms in total. The fourth-order valence-corrected chi connectivity index (χ4v) is 0. The van der Waals surface area contributed by atoms with Gasteiger partial charge in [0.2, 0.25) is 0 Å². The maximum absolute atomic E-state index is 4.95. The van der Waals surface area contributed by atoms with E-state index in [4.69, 9.17) is 19.4 Å². The molecule has 0 radical (unpaired) electrons. The Morgan fingerprint density at radius 3 is 1.00 bits per heavy atom. The molecule has 32 valence electrons. The van der Waals surface area contributed by atoms with E-state index in [2.05, 4.69) is 0 Å². The minimum Gasteiger partial charge on any atom is 2.00 e. The zero-order valence-electron chi connectivity index (χ0n) is 2.93. The van der Waals surface area contributed by atoms with Crippen molar-refractivity contribution in [3.8, 4) is 0 Å². The summed E-state index contributed by atoms with van der Waals surface area (Å²) in [6, 6.07) is 0. The molecule has 0 aromatic rings. The predicted octanol–water partition coefficient (Wildman–Crippen LogP) is -5.00. The molecule has 0 bridgehead atoms. The fourth-order valence-electron chi connectivity index (χ4n) is 0. The van der Waals surface area contributed by atoms with Gasteiger partial charge < -0.3 is 24.8 Å². The standard InChI is InChI=1S/4ClH.Sr.Zn/h4*1H;;/q;;;;2*+2/p-4. The maximum atomic E-state index is 4.95. The summed E-state index contributed by atoms with van der Waals surface area (Å²) < 4.78 is 0. The van der Waals surface area contributed by atoms with Crippen molar-refractivity contribution in [2.24, 2.45) is 0 Å². The zero-order chi connectivity index (χ0) is 2.71. The van der Waals surface area contributed by atoms with Crippen LogP contribution < -0.4 is 24.8 Å². The molecule has 0 atom stereocenters. The van der Waals surface area contributed by atoms with Crippen molar-refractivity contribution in [1.82, 2.24) is 0 Å². The minimum atomic E-state index is -0.931. The Hall–Kier alpha value is 3.26. The summed E-state index contributed by atoms with van der Waals surface area (Å²) in [5.74, 6) is 0. The summed E-state index contributed by atoms with van der Waals surface area (Å²) in [6.45, 7) is 0. The normalized spacial score (nSPS) is 1.67. The Labute approximate surface area is 102 Å². The molecule has 0 aliphatic carbocycles. The van der Waals surface area contributed by atoms with Gasteiger partial charge in [-0.1, -0.05) is 0 Å². The molecule has 0 rings (SSSR count). The van der Waals surface area contributed by atoms with E-state index < -0.39 is 15.1 Å². The first kappa shape index (κ1) is 22.8. The summed E-state index contributed by atoms with van der Waals surface area (Å²) in [4.78, 5) is 0. The Kier molecular flexibility index (Phi) is 91.3. The van der Waals surface area contributed by atoms with Crippen LogP contribution in [0, 0.1) is 0 Å². The molecule has 6 heteroatoms. The van der Waals surface area contributed by atoms with Gasteiger partial charge in [0, 0.05) is 0 Å². The molecule has 0 amide bonds. The van der Waals surface area contributed by atoms with Gasteiger partial charge in [-0.2, -0.15) is 0 Å². The Balaban J connectivity index is -0.00000000667. The second kappa shape index (κ2) is 24.0. The molecular formula is Cl4SrZn. The SMILES string of the molecule is [Cl-].[Cl-].[Cl][Zn][Cl].[Sr+2]. The van der Waals surface area contributed by atoms with Crippen molar-refractivity contribution in [3.63, 3.8) is 0 Å². The van der Waals surface area contributed by atoms with Gasteiger partial charge in [0.25, 0.3) is 0 Å². The van der Waals surface area contributed by atoms with Crippen LogP contribution in [-0.2, 0) is 15.1 Å². The van der Waals surface area contributed by atoms with E-state index in [0.29, 0.717) is 0 Å². The van der Waals surface area contributed by atoms with Crippen molar-refractivity contribution in [3.05, 3.63) is 0 Å². The van der Waals surface area contributed by atoms with Gasteiger partial charge in [-0.3, -0.25) is 0 Å². The van der Waals surface area contributed by atoms with Crippen LogP contribution in [0.15, 0.2) is 0 Å². The van der Waals surface area contributed by atoms with Crippen molar-refractivity contribution in [1.29, 1.82) is 0 Å². The van der Waals surface area contributed by atoms with E-state index >= 15 is 0 Å². The molecule has 0 saturated carbocycles. The van der Waals surface area contributed by atoms with Crippen LogP contribution in [0.25, 0.3) is 0 Å². The van der Waals surface area contributed by atoms with E-state index in [1.54, 1.807) is 0 Å². The molecule has 0 N–H and O–H groups in total. The summed E-state index contributed by atoms with van der Waals surface area (Å²) in [7, 11) is 9.90. The van der Waals surface area contributed by atoms with E-state index in [0.717, 1.165) is 0 Å². The summed E-state index contributed by atoms with van der Waals surface area (Å²) in [5.41, 5.74) is 0. The molecule has 0 aromatic heterocycles. The van der Waals surface area contributed by atoms with Crippen molar-refractivity contribution in [2.45, 2.75) is 0 Å². The predicted molar refractivity (Wildman–Crippen MR) is 17.5 cm³/mol. The molecule has 0 aliphatic heterocycles. The largest absolute Gasteiger partial charge is 2.00 e. The van der Waals surface area contributed by atoms with Gasteiger partial charge >= 0.3 is 80.0 Å². The van der Waals surface area contributed by atoms with Crippen LogP contribution in [0.4, 0.5) is 0 Å². The monoisotopic (exact) mass is 292 g/mol. The van der Waals surface area contributed by atoms with Crippen molar-refractivity contribution in [2.75, 3.05) is 0 Å². The quantitative estimate of drug-likeness (QED) is 0.393. The molecule has 0 aliphatic rings. The first-order valence-corrected chi connectivity index (χ1v) is 8.33. The third-order valence-corrected chi connectivity index (χ3v) is 0. The third-order valence-electron chi connectivity index (χ3n) is 0. The first-order chi connectivity index (χ1) is 1.41. The molecule has 0 fully saturated rings. The van der Waals surface area contributed by atoms with Crippen LogP contribution in [0.5, 0.6) is 0 Å². The first-order valence-electron chi connectivity index (χ1n) is 0.535. The summed E-state index contributed by atoms with van der Waals surface area (Å²) in [5, 5.41) is 0. The summed E-state index contributed by atoms with van der Waals surface area (Å²) in [6.07, 6.45) is 0. The van der Waals surface area contributed by atoms with Crippen LogP contribution in [-0.4, -0.2) is 45.5 Å². The number of halogens is 4. The number of hydrogen-bond acceptors (Lipinski definition) is 0. The second-order valence-corrected chi connectivity index (χ2v) is 4.72. The van der Waals surface area contributed by atoms with Gasteiger partial charge in [-0.25, -0.2) is 0 Å². The van der Waals surface area contributed by atoms with Crippen LogP contribution >= 0.6 is 19.4 Å². The average molecular weight is 295 g/mol. The van der Waals surface area contributed by atoms with E-state index in [1.165, 1.54) is 0 Å². The van der Waals surface area contributed by atoms with Crippen LogP contribution in [0.2, 0.25) is 0 Å². The third kappa shape index (κ3) is 26.8. The molecule has 6 heavy (non-hydrogen) atoms. The molecule has 0 saturated heterocycles. The van der Waals surface area contributed by atoms with Gasteiger partial charge in [0.05, 0.1) is 0 Å². The maximum Gasteiger partial charge on any atom is 2.00 e. The van der Waals surface area contributed by atoms with Gasteiger partial charge in [-0.15, -0.1) is 0 Å². The smallest absolute Gasteiger partial charge is 2.00 e. The van der Waals surface area contributed by atoms with Gasteiger partial charge in [0.1, 0.15) is 0 Å². The minimum absolute atomic E-state index is 0. The van der Waals surface area contributed by atoms with Crippen LogP contribution in [0.3, 0.4) is 0 Å². The molecule has 0 aromatic carbocycles. The Morgan fingerprint density at radius 2 is 1.00 bits per heavy atom. The molecular weight excluding hydrogens is 295 g/mol. The molecule has 0 heterocycles. The summed E-state index contributed by atoms with van der Waals surface area (Å²) >= 11 is -0.931. The van der Waals surface area contributed by atoms with Gasteiger partial charge in [0.15, 0.2) is 0 Å². The average Bonchev–Trinajstić information content (AvgIpc) is 0.918. The Morgan fingerprint density at radius 1 is 1.00 bits per heavy atom. The van der Waals surface area contributed by atoms with E-state index in [9.17, 15) is 0 Å². The van der Waals surface area contributed by atoms with Crippen molar-refractivity contribution >= 4 is 64.9 Å². The van der Waals surface area contributed by atoms with Crippen molar-refractivity contribution < 1.29 is 40.0 Å². The Bertz CT molecular complexity index is 7.51. The van der Waals surface area contributed by atoms with Crippen LogP contribution in [0.1, 0.15) is 0 Å². The van der Waals surface area contributed by atoms with E-state index in [1.807, 2.05) is 0 Å². The topological polar surface area (TPSA) is 0 Å². The van der Waals surface area contributed by atoms with Gasteiger partial charge in [-0.05, 0) is 0 Å². The van der Waals surface area contributed by atoms with E-state index in [-0.39, 0.29) is 70.3 Å².